The van der Waals surface area contributed by atoms with E-state index in [1.54, 1.807) is 37.4 Å². The van der Waals surface area contributed by atoms with E-state index < -0.39 is 10.0 Å². The zero-order valence-electron chi connectivity index (χ0n) is 10.7. The lowest BCUT2D eigenvalue weighted by Gasteiger charge is -2.20. The predicted octanol–water partition coefficient (Wildman–Crippen LogP) is 1.67. The molecule has 6 heteroatoms. The van der Waals surface area contributed by atoms with Gasteiger partial charge in [0.1, 0.15) is 0 Å². The average Bonchev–Trinajstić information content (AvgIpc) is 2.39. The number of rotatable bonds is 8. The van der Waals surface area contributed by atoms with Crippen LogP contribution in [-0.4, -0.2) is 39.8 Å². The highest BCUT2D eigenvalue weighted by molar-refractivity contribution is 7.89. The van der Waals surface area contributed by atoms with Crippen molar-refractivity contribution in [3.05, 3.63) is 30.3 Å². The molecule has 0 aliphatic carbocycles. The zero-order valence-corrected chi connectivity index (χ0v) is 11.5. The first-order valence-corrected chi connectivity index (χ1v) is 7.26. The number of sulfonamides is 1. The monoisotopic (exact) mass is 273 g/mol. The van der Waals surface area contributed by atoms with Gasteiger partial charge in [0, 0.05) is 13.7 Å². The molecule has 0 aliphatic rings. The summed E-state index contributed by atoms with van der Waals surface area (Å²) in [5, 5.41) is 0. The van der Waals surface area contributed by atoms with Gasteiger partial charge in [-0.25, -0.2) is 8.42 Å². The van der Waals surface area contributed by atoms with Crippen molar-refractivity contribution >= 4 is 10.0 Å². The lowest BCUT2D eigenvalue weighted by molar-refractivity contribution is -0.0986. The van der Waals surface area contributed by atoms with E-state index in [9.17, 15) is 8.42 Å². The topological polar surface area (TPSA) is 55.8 Å². The Kier molecular flexibility index (Phi) is 6.28. The van der Waals surface area contributed by atoms with Gasteiger partial charge in [-0.1, -0.05) is 29.6 Å². The Morgan fingerprint density at radius 2 is 1.83 bits per heavy atom. The molecular weight excluding hydrogens is 254 g/mol. The normalized spacial score (nSPS) is 11.9. The van der Waals surface area contributed by atoms with Gasteiger partial charge in [0.2, 0.25) is 0 Å². The average molecular weight is 273 g/mol. The first kappa shape index (κ1) is 15.1. The van der Waals surface area contributed by atoms with Crippen molar-refractivity contribution in [3.8, 4) is 0 Å². The molecule has 0 atom stereocenters. The Balaban J connectivity index is 2.83. The maximum Gasteiger partial charge on any atom is 0.265 e. The molecule has 0 spiro atoms. The first-order valence-electron chi connectivity index (χ1n) is 5.82. The van der Waals surface area contributed by atoms with Crippen LogP contribution in [0.4, 0.5) is 0 Å². The molecule has 0 heterocycles. The van der Waals surface area contributed by atoms with Gasteiger partial charge in [0.25, 0.3) is 10.0 Å². The third-order valence-electron chi connectivity index (χ3n) is 2.24. The van der Waals surface area contributed by atoms with E-state index in [4.69, 9.17) is 9.57 Å². The predicted molar refractivity (Wildman–Crippen MR) is 68.5 cm³/mol. The molecule has 1 aromatic rings. The molecule has 0 unspecified atom stereocenters. The van der Waals surface area contributed by atoms with E-state index in [2.05, 4.69) is 0 Å². The summed E-state index contributed by atoms with van der Waals surface area (Å²) in [4.78, 5) is 5.49. The number of benzene rings is 1. The SMILES string of the molecule is CCCN(OCCOC)S(=O)(=O)c1ccccc1. The minimum absolute atomic E-state index is 0.211. The Morgan fingerprint density at radius 3 is 2.39 bits per heavy atom. The van der Waals surface area contributed by atoms with Crippen LogP contribution in [0.1, 0.15) is 13.3 Å². The Bertz CT molecular complexity index is 433. The smallest absolute Gasteiger partial charge is 0.265 e. The van der Waals surface area contributed by atoms with Gasteiger partial charge >= 0.3 is 0 Å². The summed E-state index contributed by atoms with van der Waals surface area (Å²) in [7, 11) is -2.05. The van der Waals surface area contributed by atoms with E-state index in [-0.39, 0.29) is 11.5 Å². The zero-order chi connectivity index (χ0) is 13.4. The molecule has 0 aromatic heterocycles. The summed E-state index contributed by atoms with van der Waals surface area (Å²) < 4.78 is 30.4. The fourth-order valence-corrected chi connectivity index (χ4v) is 2.74. The van der Waals surface area contributed by atoms with E-state index in [0.717, 1.165) is 4.47 Å². The van der Waals surface area contributed by atoms with Crippen LogP contribution in [0.2, 0.25) is 0 Å². The minimum Gasteiger partial charge on any atom is -0.382 e. The summed E-state index contributed by atoms with van der Waals surface area (Å²) in [5.74, 6) is 0. The van der Waals surface area contributed by atoms with Crippen LogP contribution in [0.25, 0.3) is 0 Å². The van der Waals surface area contributed by atoms with Crippen molar-refractivity contribution in [2.75, 3.05) is 26.9 Å². The van der Waals surface area contributed by atoms with Crippen LogP contribution >= 0.6 is 0 Å². The third-order valence-corrected chi connectivity index (χ3v) is 3.93. The van der Waals surface area contributed by atoms with Gasteiger partial charge in [-0.05, 0) is 18.6 Å². The molecule has 5 nitrogen and oxygen atoms in total. The quantitative estimate of drug-likeness (QED) is 0.534. The van der Waals surface area contributed by atoms with Crippen LogP contribution in [-0.2, 0) is 19.6 Å². The van der Waals surface area contributed by atoms with Gasteiger partial charge < -0.3 is 4.74 Å². The summed E-state index contributed by atoms with van der Waals surface area (Å²) in [6.45, 7) is 2.78. The maximum atomic E-state index is 12.3. The Labute approximate surface area is 108 Å². The number of hydrogen-bond donors (Lipinski definition) is 0. The Hall–Kier alpha value is -0.950. The molecule has 18 heavy (non-hydrogen) atoms. The van der Waals surface area contributed by atoms with Crippen molar-refractivity contribution in [2.45, 2.75) is 18.2 Å². The van der Waals surface area contributed by atoms with Gasteiger partial charge in [-0.3, -0.25) is 4.84 Å². The highest BCUT2D eigenvalue weighted by atomic mass is 32.2. The van der Waals surface area contributed by atoms with E-state index >= 15 is 0 Å². The highest BCUT2D eigenvalue weighted by Crippen LogP contribution is 2.15. The molecule has 0 aliphatic heterocycles. The first-order chi connectivity index (χ1) is 8.62. The second kappa shape index (κ2) is 7.48. The molecule has 0 amide bonds. The summed E-state index contributed by atoms with van der Waals surface area (Å²) >= 11 is 0. The van der Waals surface area contributed by atoms with Crippen molar-refractivity contribution in [2.24, 2.45) is 0 Å². The van der Waals surface area contributed by atoms with E-state index in [0.29, 0.717) is 19.6 Å². The largest absolute Gasteiger partial charge is 0.382 e. The van der Waals surface area contributed by atoms with Crippen LogP contribution in [0.3, 0.4) is 0 Å². The number of hydroxylamine groups is 1. The van der Waals surface area contributed by atoms with E-state index in [1.165, 1.54) is 0 Å². The van der Waals surface area contributed by atoms with Gasteiger partial charge in [0.15, 0.2) is 0 Å². The molecule has 1 rings (SSSR count). The molecule has 0 bridgehead atoms. The minimum atomic E-state index is -3.59. The third kappa shape index (κ3) is 4.06. The standard InChI is InChI=1S/C12H19NO4S/c1-3-9-13(17-11-10-16-2)18(14,15)12-7-5-4-6-8-12/h4-8H,3,9-11H2,1-2H3. The number of ether oxygens (including phenoxy) is 1. The molecule has 0 fully saturated rings. The van der Waals surface area contributed by atoms with Crippen LogP contribution < -0.4 is 0 Å². The summed E-state index contributed by atoms with van der Waals surface area (Å²) in [6, 6.07) is 8.25. The van der Waals surface area contributed by atoms with Gasteiger partial charge in [-0.15, -0.1) is 0 Å². The highest BCUT2D eigenvalue weighted by Gasteiger charge is 2.24. The lowest BCUT2D eigenvalue weighted by atomic mass is 10.4. The fraction of sp³-hybridized carbons (Fsp3) is 0.500. The molecule has 0 saturated carbocycles. The van der Waals surface area contributed by atoms with E-state index in [1.807, 2.05) is 6.92 Å². The molecule has 0 saturated heterocycles. The molecule has 1 aromatic carbocycles. The van der Waals surface area contributed by atoms with Crippen molar-refractivity contribution in [3.63, 3.8) is 0 Å². The van der Waals surface area contributed by atoms with Crippen LogP contribution in [0, 0.1) is 0 Å². The maximum absolute atomic E-state index is 12.3. The number of methoxy groups -OCH3 is 1. The molecular formula is C12H19NO4S. The number of nitrogens with zero attached hydrogens (tertiary/aromatic N) is 1. The number of hydrogen-bond acceptors (Lipinski definition) is 4. The lowest BCUT2D eigenvalue weighted by Crippen LogP contribution is -2.33. The van der Waals surface area contributed by atoms with Crippen molar-refractivity contribution < 1.29 is 18.0 Å². The summed E-state index contributed by atoms with van der Waals surface area (Å²) in [5.41, 5.74) is 0. The molecule has 0 radical (unpaired) electrons. The van der Waals surface area contributed by atoms with Crippen molar-refractivity contribution in [1.29, 1.82) is 0 Å². The van der Waals surface area contributed by atoms with Crippen LogP contribution in [0.5, 0.6) is 0 Å². The molecule has 102 valence electrons. The van der Waals surface area contributed by atoms with Gasteiger partial charge in [0.05, 0.1) is 18.1 Å². The second-order valence-corrected chi connectivity index (χ2v) is 5.50. The van der Waals surface area contributed by atoms with Crippen molar-refractivity contribution in [1.82, 2.24) is 4.47 Å². The second-order valence-electron chi connectivity index (χ2n) is 3.67. The molecule has 0 N–H and O–H groups in total. The summed E-state index contributed by atoms with van der Waals surface area (Å²) in [6.07, 6.45) is 0.680. The van der Waals surface area contributed by atoms with Gasteiger partial charge in [-0.2, -0.15) is 0 Å². The Morgan fingerprint density at radius 1 is 1.17 bits per heavy atom. The van der Waals surface area contributed by atoms with Crippen LogP contribution in [0.15, 0.2) is 35.2 Å². The fourth-order valence-electron chi connectivity index (χ4n) is 1.37.